The van der Waals surface area contributed by atoms with Crippen molar-refractivity contribution in [3.05, 3.63) is 59.8 Å². The number of hydrogen-bond acceptors (Lipinski definition) is 6. The van der Waals surface area contributed by atoms with Crippen molar-refractivity contribution in [3.8, 4) is 5.75 Å². The first-order chi connectivity index (χ1) is 15.1. The van der Waals surface area contributed by atoms with E-state index in [0.29, 0.717) is 18.0 Å². The highest BCUT2D eigenvalue weighted by Crippen LogP contribution is 2.31. The third kappa shape index (κ3) is 5.33. The van der Waals surface area contributed by atoms with Gasteiger partial charge in [0.2, 0.25) is 0 Å². The smallest absolute Gasteiger partial charge is 0.262 e. The molecule has 7 nitrogen and oxygen atoms in total. The van der Waals surface area contributed by atoms with Crippen LogP contribution in [0.4, 0.5) is 11.4 Å². The first-order valence-electron chi connectivity index (χ1n) is 10.7. The highest BCUT2D eigenvalue weighted by molar-refractivity contribution is 5.95. The molecule has 2 aromatic carbocycles. The van der Waals surface area contributed by atoms with E-state index in [4.69, 9.17) is 4.74 Å². The number of nitrogens with zero attached hydrogens (tertiary/aromatic N) is 3. The Bertz CT molecular complexity index is 1140. The summed E-state index contributed by atoms with van der Waals surface area (Å²) in [4.78, 5) is 20.9. The summed E-state index contributed by atoms with van der Waals surface area (Å²) in [5, 5.41) is 14.8. The molecule has 0 spiro atoms. The number of hydrogen-bond donors (Lipinski definition) is 2. The van der Waals surface area contributed by atoms with Gasteiger partial charge >= 0.3 is 0 Å². The number of carbonyl (C=O) groups is 1. The second-order valence-corrected chi connectivity index (χ2v) is 8.19. The summed E-state index contributed by atoms with van der Waals surface area (Å²) in [7, 11) is 0. The van der Waals surface area contributed by atoms with Gasteiger partial charge in [0.1, 0.15) is 5.75 Å². The van der Waals surface area contributed by atoms with Crippen molar-refractivity contribution in [3.63, 3.8) is 0 Å². The first-order valence-corrected chi connectivity index (χ1v) is 10.7. The topological polar surface area (TPSA) is 77.9 Å². The molecule has 2 aliphatic heterocycles. The number of nitrogens with one attached hydrogen (secondary N) is 1. The Morgan fingerprint density at radius 3 is 2.67 bits per heavy atom. The third-order valence-corrected chi connectivity index (χ3v) is 6.01. The fourth-order valence-electron chi connectivity index (χ4n) is 4.35. The summed E-state index contributed by atoms with van der Waals surface area (Å²) >= 11 is 0. The lowest BCUT2D eigenvalue weighted by Crippen LogP contribution is -2.47. The number of amides is 1. The van der Waals surface area contributed by atoms with Gasteiger partial charge in [-0.25, -0.2) is 0 Å². The van der Waals surface area contributed by atoms with Crippen LogP contribution in [0.25, 0.3) is 10.9 Å². The zero-order valence-corrected chi connectivity index (χ0v) is 20.0. The zero-order chi connectivity index (χ0) is 21.4. The molecule has 176 valence electrons. The Labute approximate surface area is 205 Å². The van der Waals surface area contributed by atoms with Gasteiger partial charge in [-0.2, -0.15) is 0 Å². The molecule has 3 heterocycles. The fourth-order valence-corrected chi connectivity index (χ4v) is 4.35. The van der Waals surface area contributed by atoms with Crippen LogP contribution < -0.4 is 15.0 Å². The minimum atomic E-state index is -0.625. The van der Waals surface area contributed by atoms with E-state index in [1.165, 1.54) is 11.1 Å². The van der Waals surface area contributed by atoms with Crippen molar-refractivity contribution in [2.24, 2.45) is 0 Å². The fraction of sp³-hybridized carbons (Fsp3) is 0.333. The van der Waals surface area contributed by atoms with E-state index >= 15 is 0 Å². The molecule has 3 aromatic rings. The Balaban J connectivity index is 0.00000153. The normalized spacial score (nSPS) is 16.7. The Morgan fingerprint density at radius 1 is 1.09 bits per heavy atom. The maximum Gasteiger partial charge on any atom is 0.262 e. The molecule has 0 radical (unpaired) electrons. The van der Waals surface area contributed by atoms with Gasteiger partial charge in [-0.15, -0.1) is 24.8 Å². The van der Waals surface area contributed by atoms with Crippen LogP contribution in [0.15, 0.2) is 48.5 Å². The van der Waals surface area contributed by atoms with Crippen molar-refractivity contribution >= 4 is 53.0 Å². The average molecular weight is 491 g/mol. The van der Waals surface area contributed by atoms with Crippen LogP contribution in [0.1, 0.15) is 17.4 Å². The van der Waals surface area contributed by atoms with Crippen LogP contribution >= 0.6 is 24.8 Å². The number of aromatic nitrogens is 1. The van der Waals surface area contributed by atoms with Crippen LogP contribution in [0.5, 0.6) is 5.75 Å². The van der Waals surface area contributed by atoms with Gasteiger partial charge in [-0.3, -0.25) is 14.7 Å². The number of aliphatic hydroxyl groups is 1. The number of ether oxygens (including phenoxy) is 1. The van der Waals surface area contributed by atoms with Crippen molar-refractivity contribution < 1.29 is 14.6 Å². The highest BCUT2D eigenvalue weighted by atomic mass is 35.5. The monoisotopic (exact) mass is 490 g/mol. The number of aryl methyl sites for hydroxylation is 1. The third-order valence-electron chi connectivity index (χ3n) is 6.01. The highest BCUT2D eigenvalue weighted by Gasteiger charge is 2.23. The molecule has 1 amide bonds. The van der Waals surface area contributed by atoms with Crippen molar-refractivity contribution in [2.75, 3.05) is 49.5 Å². The molecule has 1 aromatic heterocycles. The number of aliphatic hydroxyl groups excluding tert-OH is 1. The summed E-state index contributed by atoms with van der Waals surface area (Å²) in [6, 6.07) is 16.0. The predicted molar refractivity (Wildman–Crippen MR) is 135 cm³/mol. The van der Waals surface area contributed by atoms with Gasteiger partial charge in [0.15, 0.2) is 6.61 Å². The first kappa shape index (κ1) is 25.1. The van der Waals surface area contributed by atoms with E-state index < -0.39 is 6.10 Å². The van der Waals surface area contributed by atoms with E-state index in [-0.39, 0.29) is 37.3 Å². The minimum absolute atomic E-state index is 0. The van der Waals surface area contributed by atoms with Gasteiger partial charge in [0.05, 0.1) is 17.3 Å². The van der Waals surface area contributed by atoms with E-state index in [1.807, 2.05) is 19.1 Å². The number of pyridine rings is 1. The van der Waals surface area contributed by atoms with Crippen molar-refractivity contribution in [1.29, 1.82) is 0 Å². The molecule has 0 bridgehead atoms. The molecule has 9 heteroatoms. The van der Waals surface area contributed by atoms with Crippen LogP contribution in [-0.2, 0) is 4.79 Å². The molecule has 1 fully saturated rings. The van der Waals surface area contributed by atoms with Gasteiger partial charge in [-0.05, 0) is 48.9 Å². The average Bonchev–Trinajstić information content (AvgIpc) is 2.78. The molecule has 1 saturated heterocycles. The summed E-state index contributed by atoms with van der Waals surface area (Å²) in [5.41, 5.74) is 4.67. The molecule has 1 atom stereocenters. The number of benzene rings is 2. The van der Waals surface area contributed by atoms with Gasteiger partial charge in [0, 0.05) is 49.5 Å². The quantitative estimate of drug-likeness (QED) is 0.581. The van der Waals surface area contributed by atoms with Crippen molar-refractivity contribution in [2.45, 2.75) is 13.0 Å². The van der Waals surface area contributed by atoms with Gasteiger partial charge < -0.3 is 20.1 Å². The number of carbonyl (C=O) groups excluding carboxylic acids is 1. The summed E-state index contributed by atoms with van der Waals surface area (Å²) in [6.07, 6.45) is -0.625. The Hall–Kier alpha value is -2.58. The second kappa shape index (κ2) is 10.6. The largest absolute Gasteiger partial charge is 0.482 e. The number of anilines is 2. The molecular weight excluding hydrogens is 463 g/mol. The lowest BCUT2D eigenvalue weighted by atomic mass is 10.1. The molecular formula is C24H28Cl2N4O3. The van der Waals surface area contributed by atoms with Crippen LogP contribution in [0, 0.1) is 6.92 Å². The Morgan fingerprint density at radius 2 is 1.88 bits per heavy atom. The molecule has 0 aliphatic carbocycles. The van der Waals surface area contributed by atoms with Crippen LogP contribution in [0.2, 0.25) is 0 Å². The molecule has 2 N–H and O–H groups in total. The molecule has 33 heavy (non-hydrogen) atoms. The molecule has 2 aliphatic rings. The zero-order valence-electron chi connectivity index (χ0n) is 18.4. The van der Waals surface area contributed by atoms with E-state index in [0.717, 1.165) is 43.0 Å². The SMILES string of the molecule is Cc1ccc2c(N3CCN(CC(O)c4ccc5c(c4)NC(=O)CO5)CC3)cccc2n1.Cl.Cl. The van der Waals surface area contributed by atoms with Crippen LogP contribution in [0.3, 0.4) is 0 Å². The molecule has 5 rings (SSSR count). The maximum atomic E-state index is 11.6. The lowest BCUT2D eigenvalue weighted by molar-refractivity contribution is -0.118. The second-order valence-electron chi connectivity index (χ2n) is 8.19. The van der Waals surface area contributed by atoms with Gasteiger partial charge in [0.25, 0.3) is 5.91 Å². The van der Waals surface area contributed by atoms with Gasteiger partial charge in [-0.1, -0.05) is 12.1 Å². The minimum Gasteiger partial charge on any atom is -0.482 e. The summed E-state index contributed by atoms with van der Waals surface area (Å²) < 4.78 is 5.40. The standard InChI is InChI=1S/C24H26N4O3.2ClH/c1-16-5-7-18-19(25-16)3-2-4-21(18)28-11-9-27(10-12-28)14-22(29)17-6-8-23-20(13-17)26-24(30)15-31-23;;/h2-8,13,22,29H,9-12,14-15H2,1H3,(H,26,30);2*1H. The molecule has 1 unspecified atom stereocenters. The summed E-state index contributed by atoms with van der Waals surface area (Å²) in [6.45, 7) is 6.14. The van der Waals surface area contributed by atoms with E-state index in [2.05, 4.69) is 50.4 Å². The van der Waals surface area contributed by atoms with Crippen molar-refractivity contribution in [1.82, 2.24) is 9.88 Å². The number of piperazine rings is 1. The number of β-amino-alcohol motifs (C(OH)–C–C–N with tert-alkyl or cyclic N) is 1. The Kier molecular flexibility index (Phi) is 8.02. The van der Waals surface area contributed by atoms with Crippen LogP contribution in [-0.4, -0.2) is 60.2 Å². The summed E-state index contributed by atoms with van der Waals surface area (Å²) in [5.74, 6) is 0.470. The lowest BCUT2D eigenvalue weighted by Gasteiger charge is -2.37. The maximum absolute atomic E-state index is 11.6. The van der Waals surface area contributed by atoms with E-state index in [1.54, 1.807) is 6.07 Å². The number of fused-ring (bicyclic) bond motifs is 2. The number of halogens is 2. The predicted octanol–water partition coefficient (Wildman–Crippen LogP) is 3.57. The molecule has 0 saturated carbocycles. The number of rotatable bonds is 4. The van der Waals surface area contributed by atoms with E-state index in [9.17, 15) is 9.90 Å².